The van der Waals surface area contributed by atoms with Gasteiger partial charge in [-0.3, -0.25) is 4.79 Å². The summed E-state index contributed by atoms with van der Waals surface area (Å²) in [5, 5.41) is 0. The molecule has 1 aromatic rings. The second-order valence-electron chi connectivity index (χ2n) is 7.81. The molecule has 26 heavy (non-hydrogen) atoms. The summed E-state index contributed by atoms with van der Waals surface area (Å²) >= 11 is 0. The molecular weight excluding hydrogens is 326 g/mol. The highest BCUT2D eigenvalue weighted by Gasteiger charge is 2.33. The van der Waals surface area contributed by atoms with Crippen molar-refractivity contribution in [2.75, 3.05) is 50.7 Å². The first-order valence-electron chi connectivity index (χ1n) is 10.3. The van der Waals surface area contributed by atoms with Crippen molar-refractivity contribution < 1.29 is 9.53 Å². The molecule has 2 saturated heterocycles. The summed E-state index contributed by atoms with van der Waals surface area (Å²) in [5.74, 6) is 1.02. The lowest BCUT2D eigenvalue weighted by molar-refractivity contribution is -0.139. The number of hydrogen-bond acceptors (Lipinski definition) is 4. The Bertz CT molecular complexity index is 609. The van der Waals surface area contributed by atoms with Crippen LogP contribution in [0.4, 0.5) is 5.69 Å². The van der Waals surface area contributed by atoms with E-state index in [2.05, 4.69) is 21.9 Å². The fraction of sp³-hybridized carbons (Fsp3) is 0.667. The van der Waals surface area contributed by atoms with Crippen LogP contribution < -0.4 is 9.64 Å². The zero-order valence-corrected chi connectivity index (χ0v) is 15.7. The minimum atomic E-state index is -0.371. The Morgan fingerprint density at radius 3 is 2.38 bits per heavy atom. The molecule has 3 aliphatic heterocycles. The van der Waals surface area contributed by atoms with Crippen molar-refractivity contribution in [1.82, 2.24) is 9.80 Å². The average molecular weight is 357 g/mol. The van der Waals surface area contributed by atoms with Crippen LogP contribution in [0.2, 0.25) is 0 Å². The van der Waals surface area contributed by atoms with E-state index in [0.29, 0.717) is 6.54 Å². The number of likely N-dealkylation sites (tertiary alicyclic amines) is 2. The van der Waals surface area contributed by atoms with Crippen LogP contribution in [-0.2, 0) is 4.79 Å². The Balaban J connectivity index is 1.44. The van der Waals surface area contributed by atoms with Crippen molar-refractivity contribution in [1.29, 1.82) is 0 Å². The molecule has 142 valence electrons. The number of rotatable bonds is 4. The third-order valence-corrected chi connectivity index (χ3v) is 5.94. The largest absolute Gasteiger partial charge is 0.477 e. The summed E-state index contributed by atoms with van der Waals surface area (Å²) in [6, 6.07) is 8.17. The molecule has 5 nitrogen and oxygen atoms in total. The molecule has 1 aromatic carbocycles. The number of nitrogens with zero attached hydrogens (tertiary/aromatic N) is 3. The van der Waals surface area contributed by atoms with E-state index in [9.17, 15) is 4.79 Å². The number of fused-ring (bicyclic) bond motifs is 1. The van der Waals surface area contributed by atoms with Crippen LogP contribution in [0.5, 0.6) is 5.75 Å². The number of hydrogen-bond donors (Lipinski definition) is 0. The van der Waals surface area contributed by atoms with E-state index in [1.165, 1.54) is 38.8 Å². The first-order chi connectivity index (χ1) is 12.8. The van der Waals surface area contributed by atoms with Gasteiger partial charge >= 0.3 is 0 Å². The molecule has 0 N–H and O–H groups in total. The maximum Gasteiger partial charge on any atom is 0.265 e. The average Bonchev–Trinajstić information content (AvgIpc) is 2.72. The third kappa shape index (κ3) is 3.98. The Labute approximate surface area is 156 Å². The molecule has 1 unspecified atom stereocenters. The molecule has 0 saturated carbocycles. The molecule has 3 aliphatic rings. The Kier molecular flexibility index (Phi) is 5.63. The Hall–Kier alpha value is -1.75. The number of ether oxygens (including phenoxy) is 1. The molecular formula is C21H31N3O2. The molecule has 1 atom stereocenters. The van der Waals surface area contributed by atoms with E-state index >= 15 is 0 Å². The summed E-state index contributed by atoms with van der Waals surface area (Å²) in [5.41, 5.74) is 1.13. The third-order valence-electron chi connectivity index (χ3n) is 5.94. The number of carbonyl (C=O) groups is 1. The van der Waals surface area contributed by atoms with Crippen molar-refractivity contribution in [2.45, 2.75) is 44.6 Å². The molecule has 1 amide bonds. The summed E-state index contributed by atoms with van der Waals surface area (Å²) in [6.45, 7) is 6.88. The van der Waals surface area contributed by atoms with Gasteiger partial charge in [-0.1, -0.05) is 18.6 Å². The maximum atomic E-state index is 13.0. The van der Waals surface area contributed by atoms with Crippen molar-refractivity contribution in [3.05, 3.63) is 24.3 Å². The van der Waals surface area contributed by atoms with Crippen LogP contribution in [0, 0.1) is 0 Å². The zero-order valence-electron chi connectivity index (χ0n) is 15.7. The van der Waals surface area contributed by atoms with Gasteiger partial charge in [0.05, 0.1) is 12.2 Å². The lowest BCUT2D eigenvalue weighted by atomic mass is 10.1. The molecule has 4 rings (SSSR count). The summed E-state index contributed by atoms with van der Waals surface area (Å²) in [6.07, 6.45) is 7.10. The number of piperidine rings is 2. The number of carbonyl (C=O) groups excluding carboxylic acids is 1. The van der Waals surface area contributed by atoms with E-state index < -0.39 is 0 Å². The van der Waals surface area contributed by atoms with Crippen LogP contribution in [-0.4, -0.2) is 67.6 Å². The monoisotopic (exact) mass is 357 g/mol. The molecule has 0 bridgehead atoms. The number of para-hydroxylation sites is 2. The highest BCUT2D eigenvalue weighted by atomic mass is 16.5. The first kappa shape index (κ1) is 17.7. The highest BCUT2D eigenvalue weighted by Crippen LogP contribution is 2.33. The lowest BCUT2D eigenvalue weighted by Gasteiger charge is -2.39. The lowest BCUT2D eigenvalue weighted by Crippen LogP contribution is -2.52. The second kappa shape index (κ2) is 8.30. The van der Waals surface area contributed by atoms with Crippen LogP contribution in [0.25, 0.3) is 0 Å². The van der Waals surface area contributed by atoms with E-state index in [-0.39, 0.29) is 12.0 Å². The number of benzene rings is 1. The minimum Gasteiger partial charge on any atom is -0.477 e. The van der Waals surface area contributed by atoms with E-state index in [1.807, 2.05) is 17.0 Å². The molecule has 0 aliphatic carbocycles. The predicted molar refractivity (Wildman–Crippen MR) is 104 cm³/mol. The Morgan fingerprint density at radius 1 is 0.923 bits per heavy atom. The summed E-state index contributed by atoms with van der Waals surface area (Å²) in [7, 11) is 0. The van der Waals surface area contributed by atoms with Crippen LogP contribution in [0.15, 0.2) is 24.3 Å². The minimum absolute atomic E-state index is 0.169. The Morgan fingerprint density at radius 2 is 1.62 bits per heavy atom. The quantitative estimate of drug-likeness (QED) is 0.830. The van der Waals surface area contributed by atoms with Gasteiger partial charge in [-0.2, -0.15) is 0 Å². The fourth-order valence-corrected chi connectivity index (χ4v) is 4.41. The maximum absolute atomic E-state index is 13.0. The van der Waals surface area contributed by atoms with Crippen molar-refractivity contribution in [3.8, 4) is 5.75 Å². The van der Waals surface area contributed by atoms with Gasteiger partial charge in [-0.15, -0.1) is 0 Å². The standard InChI is InChI=1S/C21H31N3O2/c25-21(23-13-7-2-8-14-23)20-17-24(16-15-22-11-5-1-6-12-22)18-9-3-4-10-19(18)26-20/h3-4,9-10,20H,1-2,5-8,11-17H2. The summed E-state index contributed by atoms with van der Waals surface area (Å²) in [4.78, 5) is 19.9. The van der Waals surface area contributed by atoms with Crippen LogP contribution >= 0.6 is 0 Å². The number of amides is 1. The van der Waals surface area contributed by atoms with E-state index in [0.717, 1.165) is 50.5 Å². The topological polar surface area (TPSA) is 36.0 Å². The first-order valence-corrected chi connectivity index (χ1v) is 10.3. The predicted octanol–water partition coefficient (Wildman–Crippen LogP) is 2.75. The molecule has 3 heterocycles. The number of anilines is 1. The molecule has 0 radical (unpaired) electrons. The van der Waals surface area contributed by atoms with Crippen LogP contribution in [0.1, 0.15) is 38.5 Å². The van der Waals surface area contributed by atoms with Gasteiger partial charge in [0.1, 0.15) is 5.75 Å². The highest BCUT2D eigenvalue weighted by molar-refractivity contribution is 5.83. The van der Waals surface area contributed by atoms with Crippen molar-refractivity contribution >= 4 is 11.6 Å². The van der Waals surface area contributed by atoms with E-state index in [4.69, 9.17) is 4.74 Å². The zero-order chi connectivity index (χ0) is 17.8. The molecule has 0 spiro atoms. The second-order valence-corrected chi connectivity index (χ2v) is 7.81. The van der Waals surface area contributed by atoms with Crippen molar-refractivity contribution in [2.24, 2.45) is 0 Å². The van der Waals surface area contributed by atoms with E-state index in [1.54, 1.807) is 0 Å². The van der Waals surface area contributed by atoms with Crippen molar-refractivity contribution in [3.63, 3.8) is 0 Å². The molecule has 2 fully saturated rings. The van der Waals surface area contributed by atoms with Gasteiger partial charge in [-0.25, -0.2) is 0 Å². The van der Waals surface area contributed by atoms with Gasteiger partial charge in [0.25, 0.3) is 5.91 Å². The van der Waals surface area contributed by atoms with Gasteiger partial charge in [-0.05, 0) is 57.3 Å². The van der Waals surface area contributed by atoms with Gasteiger partial charge < -0.3 is 19.4 Å². The van der Waals surface area contributed by atoms with Gasteiger partial charge in [0, 0.05) is 26.2 Å². The SMILES string of the molecule is O=C(C1CN(CCN2CCCCC2)c2ccccc2O1)N1CCCCC1. The molecule has 5 heteroatoms. The van der Waals surface area contributed by atoms with Gasteiger partial charge in [0.15, 0.2) is 6.10 Å². The normalized spacial score (nSPS) is 24.1. The van der Waals surface area contributed by atoms with Gasteiger partial charge in [0.2, 0.25) is 0 Å². The fourth-order valence-electron chi connectivity index (χ4n) is 4.41. The summed E-state index contributed by atoms with van der Waals surface area (Å²) < 4.78 is 6.12. The van der Waals surface area contributed by atoms with Crippen LogP contribution in [0.3, 0.4) is 0 Å². The smallest absolute Gasteiger partial charge is 0.265 e. The molecule has 0 aromatic heterocycles.